The molecule has 0 bridgehead atoms. The number of piperazine rings is 1. The van der Waals surface area contributed by atoms with E-state index in [-0.39, 0.29) is 11.8 Å². The first-order chi connectivity index (χ1) is 12.1. The lowest BCUT2D eigenvalue weighted by molar-refractivity contribution is -0.136. The summed E-state index contributed by atoms with van der Waals surface area (Å²) in [5.41, 5.74) is 0.812. The maximum atomic E-state index is 12.0. The summed E-state index contributed by atoms with van der Waals surface area (Å²) < 4.78 is 10.7. The van der Waals surface area contributed by atoms with Crippen LogP contribution in [0.25, 0.3) is 11.4 Å². The normalized spacial score (nSPS) is 15.6. The number of hydrogen-bond acceptors (Lipinski definition) is 6. The Bertz CT molecular complexity index is 721. The first-order valence-corrected chi connectivity index (χ1v) is 8.55. The van der Waals surface area contributed by atoms with E-state index in [9.17, 15) is 4.79 Å². The number of para-hydroxylation sites is 1. The highest BCUT2D eigenvalue weighted by Gasteiger charge is 2.24. The van der Waals surface area contributed by atoms with Crippen molar-refractivity contribution in [2.24, 2.45) is 5.92 Å². The molecule has 7 heteroatoms. The van der Waals surface area contributed by atoms with Crippen LogP contribution in [-0.2, 0) is 11.3 Å². The molecule has 1 aliphatic rings. The van der Waals surface area contributed by atoms with Crippen molar-refractivity contribution in [1.29, 1.82) is 0 Å². The fourth-order valence-electron chi connectivity index (χ4n) is 2.94. The average Bonchev–Trinajstić information content (AvgIpc) is 3.10. The van der Waals surface area contributed by atoms with Crippen LogP contribution >= 0.6 is 0 Å². The molecule has 1 fully saturated rings. The molecule has 134 valence electrons. The van der Waals surface area contributed by atoms with Gasteiger partial charge >= 0.3 is 0 Å². The van der Waals surface area contributed by atoms with Crippen LogP contribution in [0, 0.1) is 5.92 Å². The molecule has 25 heavy (non-hydrogen) atoms. The lowest BCUT2D eigenvalue weighted by atomic mass is 10.1. The van der Waals surface area contributed by atoms with Crippen LogP contribution in [0.3, 0.4) is 0 Å². The van der Waals surface area contributed by atoms with Crippen molar-refractivity contribution in [3.8, 4) is 17.1 Å². The number of ether oxygens (including phenoxy) is 1. The molecule has 0 radical (unpaired) electrons. The number of methoxy groups -OCH3 is 1. The zero-order valence-corrected chi connectivity index (χ0v) is 14.9. The molecule has 7 nitrogen and oxygen atoms in total. The van der Waals surface area contributed by atoms with Gasteiger partial charge in [0, 0.05) is 32.1 Å². The van der Waals surface area contributed by atoms with Crippen molar-refractivity contribution in [3.63, 3.8) is 0 Å². The van der Waals surface area contributed by atoms with Crippen LogP contribution < -0.4 is 4.74 Å². The van der Waals surface area contributed by atoms with Gasteiger partial charge < -0.3 is 14.2 Å². The summed E-state index contributed by atoms with van der Waals surface area (Å²) in [7, 11) is 1.62. The second-order valence-electron chi connectivity index (χ2n) is 6.47. The molecular formula is C18H24N4O3. The summed E-state index contributed by atoms with van der Waals surface area (Å²) in [6.07, 6.45) is 0. The maximum Gasteiger partial charge on any atom is 0.241 e. The molecule has 0 atom stereocenters. The molecule has 1 aromatic heterocycles. The monoisotopic (exact) mass is 344 g/mol. The molecule has 1 aliphatic heterocycles. The first kappa shape index (κ1) is 17.4. The molecule has 0 saturated carbocycles. The van der Waals surface area contributed by atoms with Gasteiger partial charge in [-0.25, -0.2) is 0 Å². The highest BCUT2D eigenvalue weighted by molar-refractivity contribution is 5.78. The van der Waals surface area contributed by atoms with Crippen LogP contribution in [0.5, 0.6) is 5.75 Å². The number of nitrogens with zero attached hydrogens (tertiary/aromatic N) is 4. The summed E-state index contributed by atoms with van der Waals surface area (Å²) in [5.74, 6) is 2.09. The second-order valence-corrected chi connectivity index (χ2v) is 6.47. The molecular weight excluding hydrogens is 320 g/mol. The van der Waals surface area contributed by atoms with Crippen LogP contribution in [0.1, 0.15) is 19.7 Å². The minimum Gasteiger partial charge on any atom is -0.496 e. The molecule has 3 rings (SSSR count). The van der Waals surface area contributed by atoms with E-state index >= 15 is 0 Å². The van der Waals surface area contributed by atoms with E-state index in [1.165, 1.54) is 0 Å². The van der Waals surface area contributed by atoms with Crippen molar-refractivity contribution in [1.82, 2.24) is 19.9 Å². The SMILES string of the molecule is COc1ccccc1-c1noc(CN2CCN(C(=O)C(C)C)CC2)n1. The zero-order valence-electron chi connectivity index (χ0n) is 14.9. The standard InChI is InChI=1S/C18H24N4O3/c1-13(2)18(23)22-10-8-21(9-11-22)12-16-19-17(20-25-16)14-6-4-5-7-15(14)24-3/h4-7,13H,8-12H2,1-3H3. The number of carbonyl (C=O) groups is 1. The third-order valence-corrected chi connectivity index (χ3v) is 4.35. The molecule has 1 saturated heterocycles. The smallest absolute Gasteiger partial charge is 0.241 e. The summed E-state index contributed by atoms with van der Waals surface area (Å²) in [4.78, 5) is 20.7. The summed E-state index contributed by atoms with van der Waals surface area (Å²) in [6, 6.07) is 7.60. The van der Waals surface area contributed by atoms with Gasteiger partial charge in [-0.15, -0.1) is 0 Å². The zero-order chi connectivity index (χ0) is 17.8. The van der Waals surface area contributed by atoms with E-state index in [4.69, 9.17) is 9.26 Å². The Hall–Kier alpha value is -2.41. The van der Waals surface area contributed by atoms with Crippen molar-refractivity contribution >= 4 is 5.91 Å². The second kappa shape index (κ2) is 7.65. The minimum atomic E-state index is 0.0471. The van der Waals surface area contributed by atoms with Crippen LogP contribution in [0.4, 0.5) is 0 Å². The highest BCUT2D eigenvalue weighted by Crippen LogP contribution is 2.27. The summed E-state index contributed by atoms with van der Waals surface area (Å²) in [6.45, 7) is 7.57. The van der Waals surface area contributed by atoms with Gasteiger partial charge in [-0.1, -0.05) is 31.1 Å². The van der Waals surface area contributed by atoms with Gasteiger partial charge in [0.2, 0.25) is 17.6 Å². The highest BCUT2D eigenvalue weighted by atomic mass is 16.5. The third kappa shape index (κ3) is 3.99. The predicted molar refractivity (Wildman–Crippen MR) is 93.0 cm³/mol. The number of amides is 1. The Labute approximate surface area is 147 Å². The van der Waals surface area contributed by atoms with Crippen molar-refractivity contribution in [2.75, 3.05) is 33.3 Å². The third-order valence-electron chi connectivity index (χ3n) is 4.35. The molecule has 0 spiro atoms. The lowest BCUT2D eigenvalue weighted by Gasteiger charge is -2.34. The maximum absolute atomic E-state index is 12.0. The molecule has 2 aromatic rings. The molecule has 1 aromatic carbocycles. The van der Waals surface area contributed by atoms with Gasteiger partial charge in [0.05, 0.1) is 19.2 Å². The molecule has 0 unspecified atom stereocenters. The number of benzene rings is 1. The Balaban J connectivity index is 1.60. The number of aromatic nitrogens is 2. The Morgan fingerprint density at radius 1 is 1.24 bits per heavy atom. The van der Waals surface area contributed by atoms with E-state index in [1.807, 2.05) is 43.0 Å². The van der Waals surface area contributed by atoms with Crippen LogP contribution in [-0.4, -0.2) is 59.1 Å². The van der Waals surface area contributed by atoms with Crippen molar-refractivity contribution in [3.05, 3.63) is 30.2 Å². The Kier molecular flexibility index (Phi) is 5.33. The van der Waals surface area contributed by atoms with Gasteiger partial charge in [0.25, 0.3) is 0 Å². The van der Waals surface area contributed by atoms with Crippen LogP contribution in [0.15, 0.2) is 28.8 Å². The van der Waals surface area contributed by atoms with Crippen LogP contribution in [0.2, 0.25) is 0 Å². The Morgan fingerprint density at radius 3 is 2.64 bits per heavy atom. The summed E-state index contributed by atoms with van der Waals surface area (Å²) >= 11 is 0. The van der Waals surface area contributed by atoms with E-state index in [0.29, 0.717) is 18.3 Å². The molecule has 1 amide bonds. The van der Waals surface area contributed by atoms with Crippen molar-refractivity contribution < 1.29 is 14.1 Å². The first-order valence-electron chi connectivity index (χ1n) is 8.55. The molecule has 0 aliphatic carbocycles. The van der Waals surface area contributed by atoms with Crippen molar-refractivity contribution in [2.45, 2.75) is 20.4 Å². The largest absolute Gasteiger partial charge is 0.496 e. The number of hydrogen-bond donors (Lipinski definition) is 0. The van der Waals surface area contributed by atoms with Gasteiger partial charge in [0.1, 0.15) is 5.75 Å². The molecule has 2 heterocycles. The fourth-order valence-corrected chi connectivity index (χ4v) is 2.94. The Morgan fingerprint density at radius 2 is 1.96 bits per heavy atom. The average molecular weight is 344 g/mol. The molecule has 0 N–H and O–H groups in total. The number of carbonyl (C=O) groups excluding carboxylic acids is 1. The minimum absolute atomic E-state index is 0.0471. The van der Waals surface area contributed by atoms with Gasteiger partial charge in [-0.3, -0.25) is 9.69 Å². The van der Waals surface area contributed by atoms with E-state index in [2.05, 4.69) is 15.0 Å². The van der Waals surface area contributed by atoms with E-state index in [0.717, 1.165) is 37.5 Å². The fraction of sp³-hybridized carbons (Fsp3) is 0.500. The quantitative estimate of drug-likeness (QED) is 0.827. The summed E-state index contributed by atoms with van der Waals surface area (Å²) in [5, 5.41) is 4.07. The predicted octanol–water partition coefficient (Wildman–Crippen LogP) is 2.05. The van der Waals surface area contributed by atoms with Gasteiger partial charge in [0.15, 0.2) is 0 Å². The van der Waals surface area contributed by atoms with E-state index < -0.39 is 0 Å². The van der Waals surface area contributed by atoms with E-state index in [1.54, 1.807) is 7.11 Å². The van der Waals surface area contributed by atoms with Gasteiger partial charge in [-0.2, -0.15) is 4.98 Å². The number of rotatable bonds is 5. The van der Waals surface area contributed by atoms with Gasteiger partial charge in [-0.05, 0) is 12.1 Å². The topological polar surface area (TPSA) is 71.7 Å². The lowest BCUT2D eigenvalue weighted by Crippen LogP contribution is -2.49.